The van der Waals surface area contributed by atoms with Gasteiger partial charge in [0.05, 0.1) is 30.5 Å². The van der Waals surface area contributed by atoms with Crippen molar-refractivity contribution in [2.45, 2.75) is 19.6 Å². The molecule has 5 rings (SSSR count). The Bertz CT molecular complexity index is 1410. The molecule has 32 heavy (non-hydrogen) atoms. The lowest BCUT2D eigenvalue weighted by Gasteiger charge is -2.22. The van der Waals surface area contributed by atoms with Crippen LogP contribution >= 0.6 is 0 Å². The van der Waals surface area contributed by atoms with Gasteiger partial charge < -0.3 is 15.0 Å². The van der Waals surface area contributed by atoms with E-state index in [2.05, 4.69) is 21.0 Å². The first-order valence-corrected chi connectivity index (χ1v) is 9.76. The van der Waals surface area contributed by atoms with Crippen LogP contribution in [-0.2, 0) is 6.54 Å². The summed E-state index contributed by atoms with van der Waals surface area (Å²) >= 11 is 0. The van der Waals surface area contributed by atoms with Crippen molar-refractivity contribution >= 4 is 5.82 Å². The number of aromatic nitrogens is 4. The van der Waals surface area contributed by atoms with E-state index in [1.807, 2.05) is 0 Å². The molecule has 0 amide bonds. The molecule has 0 aliphatic carbocycles. The van der Waals surface area contributed by atoms with Crippen LogP contribution in [0.2, 0.25) is 0 Å². The van der Waals surface area contributed by atoms with Crippen LogP contribution in [0.25, 0.3) is 22.4 Å². The first-order chi connectivity index (χ1) is 15.4. The van der Waals surface area contributed by atoms with Gasteiger partial charge in [-0.2, -0.15) is 5.26 Å². The Labute approximate surface area is 181 Å². The average Bonchev–Trinajstić information content (AvgIpc) is 3.18. The number of hydrogen-bond acceptors (Lipinski definition) is 6. The minimum Gasteiger partial charge on any atom is -0.482 e. The molecule has 0 radical (unpaired) electrons. The third kappa shape index (κ3) is 3.22. The smallest absolute Gasteiger partial charge is 0.166 e. The predicted octanol–water partition coefficient (Wildman–Crippen LogP) is 4.24. The first-order valence-electron chi connectivity index (χ1n) is 9.76. The Hall–Kier alpha value is -4.32. The Morgan fingerprint density at radius 2 is 1.94 bits per heavy atom. The van der Waals surface area contributed by atoms with Crippen molar-refractivity contribution in [2.24, 2.45) is 0 Å². The molecule has 1 atom stereocenters. The highest BCUT2D eigenvalue weighted by atomic mass is 19.1. The average molecular weight is 430 g/mol. The van der Waals surface area contributed by atoms with E-state index in [-0.39, 0.29) is 23.8 Å². The zero-order chi connectivity index (χ0) is 22.4. The van der Waals surface area contributed by atoms with Gasteiger partial charge in [-0.3, -0.25) is 4.98 Å². The Kier molecular flexibility index (Phi) is 4.56. The second kappa shape index (κ2) is 7.42. The lowest BCUT2D eigenvalue weighted by atomic mass is 9.95. The number of nitrogens with two attached hydrogens (primary N) is 1. The molecule has 0 spiro atoms. The standard InChI is InChI=1S/C23H16F2N6O/c1-12-17-5-14(24)2-3-16(17)18-6-15(25)9-28-20(18)10-31-11-30-19(7-26)22(31)13-4-21(32-12)23(27)29-8-13/h2-6,8-9,11-12H,10H2,1H3,(H2,27,29)/t12-/m1/s1. The van der Waals surface area contributed by atoms with Gasteiger partial charge in [-0.15, -0.1) is 0 Å². The van der Waals surface area contributed by atoms with Gasteiger partial charge in [0.25, 0.3) is 0 Å². The summed E-state index contributed by atoms with van der Waals surface area (Å²) in [4.78, 5) is 12.7. The fourth-order valence-electron chi connectivity index (χ4n) is 3.92. The molecule has 9 heteroatoms. The summed E-state index contributed by atoms with van der Waals surface area (Å²) in [6.07, 6.45) is 3.52. The van der Waals surface area contributed by atoms with Crippen LogP contribution in [0.4, 0.5) is 14.6 Å². The lowest BCUT2D eigenvalue weighted by Crippen LogP contribution is -2.11. The summed E-state index contributed by atoms with van der Waals surface area (Å²) < 4.78 is 36.2. The molecule has 1 aliphatic rings. The number of nitrogen functional groups attached to an aromatic ring is 1. The summed E-state index contributed by atoms with van der Waals surface area (Å²) in [5.74, 6) is -0.553. The van der Waals surface area contributed by atoms with Crippen molar-refractivity contribution in [1.82, 2.24) is 19.5 Å². The highest BCUT2D eigenvalue weighted by Crippen LogP contribution is 2.37. The fourth-order valence-corrected chi connectivity index (χ4v) is 3.92. The molecule has 7 nitrogen and oxygen atoms in total. The third-order valence-corrected chi connectivity index (χ3v) is 5.40. The molecule has 1 aromatic carbocycles. The number of fused-ring (bicyclic) bond motifs is 7. The van der Waals surface area contributed by atoms with Gasteiger partial charge in [-0.05, 0) is 36.8 Å². The van der Waals surface area contributed by atoms with Gasteiger partial charge >= 0.3 is 0 Å². The molecule has 0 saturated carbocycles. The number of benzene rings is 1. The number of pyridine rings is 2. The van der Waals surface area contributed by atoms with Crippen LogP contribution in [0, 0.1) is 23.0 Å². The molecule has 4 heterocycles. The Morgan fingerprint density at radius 1 is 1.09 bits per heavy atom. The van der Waals surface area contributed by atoms with E-state index in [0.717, 1.165) is 6.20 Å². The molecule has 2 bridgehead atoms. The maximum Gasteiger partial charge on any atom is 0.166 e. The zero-order valence-electron chi connectivity index (χ0n) is 16.9. The Balaban J connectivity index is 1.84. The predicted molar refractivity (Wildman–Crippen MR) is 112 cm³/mol. The van der Waals surface area contributed by atoms with Gasteiger partial charge in [0.15, 0.2) is 17.3 Å². The van der Waals surface area contributed by atoms with E-state index in [0.29, 0.717) is 33.6 Å². The number of anilines is 1. The van der Waals surface area contributed by atoms with Gasteiger partial charge in [0, 0.05) is 22.9 Å². The van der Waals surface area contributed by atoms with E-state index >= 15 is 0 Å². The monoisotopic (exact) mass is 430 g/mol. The number of imidazole rings is 1. The van der Waals surface area contributed by atoms with Gasteiger partial charge in [0.1, 0.15) is 23.8 Å². The fraction of sp³-hybridized carbons (Fsp3) is 0.130. The molecule has 0 saturated heterocycles. The lowest BCUT2D eigenvalue weighted by molar-refractivity contribution is 0.227. The second-order valence-corrected chi connectivity index (χ2v) is 7.43. The molecule has 4 aromatic rings. The van der Waals surface area contributed by atoms with E-state index in [4.69, 9.17) is 10.5 Å². The second-order valence-electron chi connectivity index (χ2n) is 7.43. The summed E-state index contributed by atoms with van der Waals surface area (Å²) in [5.41, 5.74) is 9.40. The number of halogens is 2. The molecular weight excluding hydrogens is 414 g/mol. The van der Waals surface area contributed by atoms with Crippen molar-refractivity contribution < 1.29 is 13.5 Å². The molecule has 1 aliphatic heterocycles. The summed E-state index contributed by atoms with van der Waals surface area (Å²) in [6, 6.07) is 9.34. The molecule has 0 unspecified atom stereocenters. The molecule has 3 aromatic heterocycles. The minimum absolute atomic E-state index is 0.147. The van der Waals surface area contributed by atoms with Crippen LogP contribution in [-0.4, -0.2) is 19.5 Å². The van der Waals surface area contributed by atoms with Crippen molar-refractivity contribution in [1.29, 1.82) is 5.26 Å². The SMILES string of the molecule is C[C@H]1Oc2cc(cnc2N)-c2c(C#N)ncn2Cc2ncc(F)cc2-c2ccc(F)cc21. The third-order valence-electron chi connectivity index (χ3n) is 5.40. The number of nitrogens with zero attached hydrogens (tertiary/aromatic N) is 5. The van der Waals surface area contributed by atoms with Crippen molar-refractivity contribution in [3.8, 4) is 34.2 Å². The van der Waals surface area contributed by atoms with Gasteiger partial charge in [0.2, 0.25) is 0 Å². The number of hydrogen-bond donors (Lipinski definition) is 1. The van der Waals surface area contributed by atoms with Crippen LogP contribution in [0.15, 0.2) is 49.1 Å². The van der Waals surface area contributed by atoms with Crippen LogP contribution in [0.5, 0.6) is 5.75 Å². The summed E-state index contributed by atoms with van der Waals surface area (Å²) in [5, 5.41) is 9.58. The number of ether oxygens (including phenoxy) is 1. The maximum absolute atomic E-state index is 14.2. The number of rotatable bonds is 0. The van der Waals surface area contributed by atoms with Gasteiger partial charge in [-0.25, -0.2) is 18.7 Å². The van der Waals surface area contributed by atoms with Crippen molar-refractivity contribution in [3.63, 3.8) is 0 Å². The van der Waals surface area contributed by atoms with E-state index in [1.54, 1.807) is 23.6 Å². The van der Waals surface area contributed by atoms with E-state index in [9.17, 15) is 14.0 Å². The minimum atomic E-state index is -0.643. The normalized spacial score (nSPS) is 14.6. The number of nitriles is 1. The van der Waals surface area contributed by atoms with E-state index in [1.165, 1.54) is 30.7 Å². The van der Waals surface area contributed by atoms with Crippen molar-refractivity contribution in [2.75, 3.05) is 5.73 Å². The van der Waals surface area contributed by atoms with Crippen LogP contribution in [0.1, 0.15) is 30.0 Å². The summed E-state index contributed by atoms with van der Waals surface area (Å²) in [6.45, 7) is 1.94. The quantitative estimate of drug-likeness (QED) is 0.448. The van der Waals surface area contributed by atoms with E-state index < -0.39 is 17.7 Å². The largest absolute Gasteiger partial charge is 0.482 e. The van der Waals surface area contributed by atoms with Crippen LogP contribution < -0.4 is 10.5 Å². The molecular formula is C23H16F2N6O. The summed E-state index contributed by atoms with van der Waals surface area (Å²) in [7, 11) is 0. The first kappa shape index (κ1) is 19.6. The highest BCUT2D eigenvalue weighted by Gasteiger charge is 2.23. The van der Waals surface area contributed by atoms with Gasteiger partial charge in [-0.1, -0.05) is 6.07 Å². The Morgan fingerprint density at radius 3 is 2.75 bits per heavy atom. The van der Waals surface area contributed by atoms with Crippen LogP contribution in [0.3, 0.4) is 0 Å². The topological polar surface area (TPSA) is 103 Å². The van der Waals surface area contributed by atoms with Crippen molar-refractivity contribution in [3.05, 3.63) is 77.6 Å². The zero-order valence-corrected chi connectivity index (χ0v) is 16.9. The molecule has 158 valence electrons. The maximum atomic E-state index is 14.2. The molecule has 0 fully saturated rings. The molecule has 2 N–H and O–H groups in total. The highest BCUT2D eigenvalue weighted by molar-refractivity contribution is 5.72.